The van der Waals surface area contributed by atoms with Crippen LogP contribution in [0.3, 0.4) is 0 Å². The number of carbonyl (C=O) groups excluding carboxylic acids is 1. The smallest absolute Gasteiger partial charge is 0.272 e. The standard InChI is InChI=1S/C20H22FN5O/c21-7-11-26-9-5-16(6-10-26)23-20(27)19-17-12-14(3-4-18(17)24-25-19)15-2-1-8-22-13-15/h1-4,8,12-13,16H,5-7,9-11H2,(H,23,27)(H,24,25). The Kier molecular flexibility index (Phi) is 5.11. The number of hydrogen-bond acceptors (Lipinski definition) is 4. The van der Waals surface area contributed by atoms with Crippen molar-refractivity contribution in [3.63, 3.8) is 0 Å². The highest BCUT2D eigenvalue weighted by Gasteiger charge is 2.23. The lowest BCUT2D eigenvalue weighted by Gasteiger charge is -2.31. The predicted molar refractivity (Wildman–Crippen MR) is 102 cm³/mol. The summed E-state index contributed by atoms with van der Waals surface area (Å²) in [5.74, 6) is -0.173. The lowest BCUT2D eigenvalue weighted by molar-refractivity contribution is 0.0905. The van der Waals surface area contributed by atoms with E-state index in [1.54, 1.807) is 12.4 Å². The summed E-state index contributed by atoms with van der Waals surface area (Å²) in [5, 5.41) is 11.0. The molecular formula is C20H22FN5O. The molecule has 1 amide bonds. The molecule has 0 bridgehead atoms. The molecule has 0 unspecified atom stereocenters. The number of nitrogens with one attached hydrogen (secondary N) is 2. The van der Waals surface area contributed by atoms with E-state index in [4.69, 9.17) is 0 Å². The summed E-state index contributed by atoms with van der Waals surface area (Å²) in [6.45, 7) is 1.76. The van der Waals surface area contributed by atoms with Gasteiger partial charge in [-0.25, -0.2) is 4.39 Å². The molecule has 1 fully saturated rings. The lowest BCUT2D eigenvalue weighted by Crippen LogP contribution is -2.45. The largest absolute Gasteiger partial charge is 0.348 e. The molecule has 0 aliphatic carbocycles. The van der Waals surface area contributed by atoms with Gasteiger partial charge in [-0.3, -0.25) is 14.9 Å². The van der Waals surface area contributed by atoms with E-state index >= 15 is 0 Å². The molecule has 2 aromatic heterocycles. The van der Waals surface area contributed by atoms with Gasteiger partial charge in [0.05, 0.1) is 5.52 Å². The molecular weight excluding hydrogens is 345 g/mol. The zero-order valence-electron chi connectivity index (χ0n) is 15.0. The normalized spacial score (nSPS) is 15.9. The maximum Gasteiger partial charge on any atom is 0.272 e. The van der Waals surface area contributed by atoms with Crippen LogP contribution in [-0.4, -0.2) is 58.3 Å². The Hall–Kier alpha value is -2.80. The third-order valence-electron chi connectivity index (χ3n) is 5.10. The van der Waals surface area contributed by atoms with Crippen LogP contribution in [0.1, 0.15) is 23.3 Å². The topological polar surface area (TPSA) is 73.9 Å². The van der Waals surface area contributed by atoms with Crippen LogP contribution >= 0.6 is 0 Å². The average molecular weight is 367 g/mol. The molecule has 7 heteroatoms. The molecule has 4 rings (SSSR count). The number of piperidine rings is 1. The van der Waals surface area contributed by atoms with E-state index in [1.807, 2.05) is 30.3 Å². The molecule has 0 saturated carbocycles. The van der Waals surface area contributed by atoms with Crippen molar-refractivity contribution in [3.8, 4) is 11.1 Å². The number of hydrogen-bond donors (Lipinski definition) is 2. The molecule has 1 aromatic carbocycles. The van der Waals surface area contributed by atoms with Gasteiger partial charge < -0.3 is 10.2 Å². The number of nitrogens with zero attached hydrogens (tertiary/aromatic N) is 3. The third-order valence-corrected chi connectivity index (χ3v) is 5.10. The number of pyridine rings is 1. The summed E-state index contributed by atoms with van der Waals surface area (Å²) >= 11 is 0. The molecule has 0 radical (unpaired) electrons. The van der Waals surface area contributed by atoms with Gasteiger partial charge in [-0.1, -0.05) is 12.1 Å². The van der Waals surface area contributed by atoms with E-state index in [0.29, 0.717) is 12.2 Å². The number of aromatic amines is 1. The van der Waals surface area contributed by atoms with Gasteiger partial charge in [0.15, 0.2) is 5.69 Å². The quantitative estimate of drug-likeness (QED) is 0.727. The first-order valence-corrected chi connectivity index (χ1v) is 9.22. The van der Waals surface area contributed by atoms with Gasteiger partial charge in [0.1, 0.15) is 6.67 Å². The van der Waals surface area contributed by atoms with Crippen molar-refractivity contribution >= 4 is 16.8 Å². The van der Waals surface area contributed by atoms with E-state index < -0.39 is 0 Å². The van der Waals surface area contributed by atoms with Crippen LogP contribution in [0.15, 0.2) is 42.7 Å². The van der Waals surface area contributed by atoms with Crippen LogP contribution in [0.25, 0.3) is 22.0 Å². The molecule has 140 valence electrons. The number of aromatic nitrogens is 3. The first kappa shape index (κ1) is 17.6. The maximum absolute atomic E-state index is 12.8. The highest BCUT2D eigenvalue weighted by atomic mass is 19.1. The summed E-state index contributed by atoms with van der Waals surface area (Å²) in [6, 6.07) is 9.85. The van der Waals surface area contributed by atoms with Gasteiger partial charge in [-0.15, -0.1) is 0 Å². The molecule has 0 atom stereocenters. The van der Waals surface area contributed by atoms with Gasteiger partial charge in [0.25, 0.3) is 5.91 Å². The number of benzene rings is 1. The first-order chi connectivity index (χ1) is 13.2. The first-order valence-electron chi connectivity index (χ1n) is 9.22. The number of alkyl halides is 1. The lowest BCUT2D eigenvalue weighted by atomic mass is 10.0. The zero-order chi connectivity index (χ0) is 18.6. The Labute approximate surface area is 156 Å². The van der Waals surface area contributed by atoms with Crippen LogP contribution in [0.2, 0.25) is 0 Å². The molecule has 3 aromatic rings. The van der Waals surface area contributed by atoms with Gasteiger partial charge in [0.2, 0.25) is 0 Å². The van der Waals surface area contributed by atoms with Gasteiger partial charge >= 0.3 is 0 Å². The number of carbonyl (C=O) groups is 1. The number of likely N-dealkylation sites (tertiary alicyclic amines) is 1. The van der Waals surface area contributed by atoms with Gasteiger partial charge in [-0.2, -0.15) is 5.10 Å². The fourth-order valence-corrected chi connectivity index (χ4v) is 3.57. The van der Waals surface area contributed by atoms with Gasteiger partial charge in [0, 0.05) is 49.0 Å². The Morgan fingerprint density at radius 1 is 1.26 bits per heavy atom. The number of fused-ring (bicyclic) bond motifs is 1. The summed E-state index contributed by atoms with van der Waals surface area (Å²) in [6.07, 6.45) is 5.19. The minimum absolute atomic E-state index is 0.0987. The molecule has 2 N–H and O–H groups in total. The summed E-state index contributed by atoms with van der Waals surface area (Å²) in [4.78, 5) is 19.0. The Morgan fingerprint density at radius 3 is 2.85 bits per heavy atom. The molecule has 1 aliphatic heterocycles. The van der Waals surface area contributed by atoms with E-state index in [0.717, 1.165) is 48.0 Å². The van der Waals surface area contributed by atoms with Crippen LogP contribution in [0.4, 0.5) is 4.39 Å². The van der Waals surface area contributed by atoms with Crippen molar-refractivity contribution in [3.05, 3.63) is 48.4 Å². The Morgan fingerprint density at radius 2 is 2.11 bits per heavy atom. The van der Waals surface area contributed by atoms with Crippen molar-refractivity contribution in [1.29, 1.82) is 0 Å². The summed E-state index contributed by atoms with van der Waals surface area (Å²) < 4.78 is 12.4. The van der Waals surface area contributed by atoms with E-state index in [9.17, 15) is 9.18 Å². The second kappa shape index (κ2) is 7.84. The average Bonchev–Trinajstić information content (AvgIpc) is 3.14. The zero-order valence-corrected chi connectivity index (χ0v) is 15.0. The fourth-order valence-electron chi connectivity index (χ4n) is 3.57. The number of halogens is 1. The maximum atomic E-state index is 12.8. The van der Waals surface area contributed by atoms with Crippen LogP contribution < -0.4 is 5.32 Å². The Balaban J connectivity index is 1.51. The fraction of sp³-hybridized carbons (Fsp3) is 0.350. The highest BCUT2D eigenvalue weighted by molar-refractivity contribution is 6.05. The molecule has 3 heterocycles. The van der Waals surface area contributed by atoms with Crippen molar-refractivity contribution in [2.24, 2.45) is 0 Å². The predicted octanol–water partition coefficient (Wildman–Crippen LogP) is 2.79. The number of amides is 1. The van der Waals surface area contributed by atoms with Crippen LogP contribution in [-0.2, 0) is 0 Å². The number of rotatable bonds is 5. The van der Waals surface area contributed by atoms with Gasteiger partial charge in [-0.05, 0) is 36.6 Å². The molecule has 0 spiro atoms. The van der Waals surface area contributed by atoms with Crippen LogP contribution in [0.5, 0.6) is 0 Å². The summed E-state index contributed by atoms with van der Waals surface area (Å²) in [7, 11) is 0. The van der Waals surface area contributed by atoms with Crippen molar-refractivity contribution < 1.29 is 9.18 Å². The van der Waals surface area contributed by atoms with Crippen LogP contribution in [0, 0.1) is 0 Å². The highest BCUT2D eigenvalue weighted by Crippen LogP contribution is 2.25. The monoisotopic (exact) mass is 367 g/mol. The minimum Gasteiger partial charge on any atom is -0.348 e. The molecule has 27 heavy (non-hydrogen) atoms. The van der Waals surface area contributed by atoms with Crippen molar-refractivity contribution in [2.75, 3.05) is 26.3 Å². The van der Waals surface area contributed by atoms with E-state index in [1.165, 1.54) is 0 Å². The minimum atomic E-state index is -0.324. The Bertz CT molecular complexity index is 919. The molecule has 1 saturated heterocycles. The van der Waals surface area contributed by atoms with E-state index in [2.05, 4.69) is 25.4 Å². The number of H-pyrrole nitrogens is 1. The van der Waals surface area contributed by atoms with Crippen molar-refractivity contribution in [2.45, 2.75) is 18.9 Å². The summed E-state index contributed by atoms with van der Waals surface area (Å²) in [5.41, 5.74) is 3.21. The third kappa shape index (κ3) is 3.83. The van der Waals surface area contributed by atoms with E-state index in [-0.39, 0.29) is 18.6 Å². The van der Waals surface area contributed by atoms with Crippen molar-refractivity contribution in [1.82, 2.24) is 25.4 Å². The molecule has 6 nitrogen and oxygen atoms in total. The SMILES string of the molecule is O=C(NC1CCN(CCF)CC1)c1n[nH]c2ccc(-c3cccnc3)cc12. The second-order valence-electron chi connectivity index (χ2n) is 6.85. The molecule has 1 aliphatic rings. The second-order valence-corrected chi connectivity index (χ2v) is 6.85.